The van der Waals surface area contributed by atoms with Gasteiger partial charge in [0.1, 0.15) is 6.10 Å². The predicted molar refractivity (Wildman–Crippen MR) is 65.8 cm³/mol. The molecule has 1 aliphatic heterocycles. The molecule has 0 unspecified atom stereocenters. The fourth-order valence-corrected chi connectivity index (χ4v) is 2.25. The first kappa shape index (κ1) is 10.8. The van der Waals surface area contributed by atoms with Crippen molar-refractivity contribution in [2.75, 3.05) is 0 Å². The zero-order chi connectivity index (χ0) is 11.7. The number of fused-ring (bicyclic) bond motifs is 1. The number of ether oxygens (including phenoxy) is 1. The van der Waals surface area contributed by atoms with Gasteiger partial charge in [-0.2, -0.15) is 5.10 Å². The van der Waals surface area contributed by atoms with Crippen molar-refractivity contribution in [3.8, 4) is 0 Å². The molecule has 4 heteroatoms. The highest BCUT2D eigenvalue weighted by molar-refractivity contribution is 6.16. The number of aromatic nitrogens is 2. The third-order valence-electron chi connectivity index (χ3n) is 2.99. The molecule has 0 aliphatic carbocycles. The lowest BCUT2D eigenvalue weighted by atomic mass is 10.1. The molecule has 0 N–H and O–H groups in total. The summed E-state index contributed by atoms with van der Waals surface area (Å²) in [6.45, 7) is 1.36. The van der Waals surface area contributed by atoms with E-state index >= 15 is 0 Å². The normalized spacial score (nSPS) is 19.0. The molecular formula is C13H13ClN2O. The Kier molecular flexibility index (Phi) is 2.87. The van der Waals surface area contributed by atoms with Gasteiger partial charge in [0.2, 0.25) is 0 Å². The lowest BCUT2D eigenvalue weighted by molar-refractivity contribution is -0.00118. The van der Waals surface area contributed by atoms with Crippen molar-refractivity contribution in [3.05, 3.63) is 53.3 Å². The highest BCUT2D eigenvalue weighted by atomic mass is 35.5. The van der Waals surface area contributed by atoms with Crippen molar-refractivity contribution >= 4 is 11.6 Å². The summed E-state index contributed by atoms with van der Waals surface area (Å²) in [6, 6.07) is 12.2. The number of hydrogen-bond donors (Lipinski definition) is 0. The van der Waals surface area contributed by atoms with Gasteiger partial charge in [0.05, 0.1) is 30.4 Å². The smallest absolute Gasteiger partial charge is 0.103 e. The molecule has 88 valence electrons. The first-order chi connectivity index (χ1) is 8.36. The maximum Gasteiger partial charge on any atom is 0.103 e. The van der Waals surface area contributed by atoms with E-state index in [0.29, 0.717) is 12.5 Å². The summed E-state index contributed by atoms with van der Waals surface area (Å²) in [7, 11) is 0. The molecule has 0 saturated carbocycles. The van der Waals surface area contributed by atoms with E-state index in [1.165, 1.54) is 5.56 Å². The molecule has 0 spiro atoms. The fraction of sp³-hybridized carbons (Fsp3) is 0.308. The molecule has 1 aromatic heterocycles. The summed E-state index contributed by atoms with van der Waals surface area (Å²) >= 11 is 5.78. The summed E-state index contributed by atoms with van der Waals surface area (Å²) in [4.78, 5) is 0. The van der Waals surface area contributed by atoms with Crippen molar-refractivity contribution in [2.24, 2.45) is 0 Å². The van der Waals surface area contributed by atoms with Gasteiger partial charge in [0.15, 0.2) is 0 Å². The van der Waals surface area contributed by atoms with Crippen LogP contribution < -0.4 is 0 Å². The molecule has 3 rings (SSSR count). The standard InChI is InChI=1S/C13H13ClN2O/c14-7-11-6-12-9-17-13(8-16(12)15-11)10-4-2-1-3-5-10/h1-6,13H,7-9H2/t13-/m0/s1. The van der Waals surface area contributed by atoms with E-state index in [1.807, 2.05) is 28.9 Å². The first-order valence-corrected chi connectivity index (χ1v) is 6.18. The molecule has 3 nitrogen and oxygen atoms in total. The SMILES string of the molecule is ClCc1cc2n(n1)C[C@@H](c1ccccc1)OC2. The topological polar surface area (TPSA) is 27.1 Å². The van der Waals surface area contributed by atoms with Gasteiger partial charge in [-0.3, -0.25) is 4.68 Å². The van der Waals surface area contributed by atoms with Crippen molar-refractivity contribution < 1.29 is 4.74 Å². The molecule has 0 bridgehead atoms. The second kappa shape index (κ2) is 4.51. The Labute approximate surface area is 105 Å². The molecule has 0 saturated heterocycles. The van der Waals surface area contributed by atoms with Gasteiger partial charge in [-0.15, -0.1) is 11.6 Å². The monoisotopic (exact) mass is 248 g/mol. The van der Waals surface area contributed by atoms with Crippen LogP contribution in [-0.2, 0) is 23.8 Å². The molecule has 1 atom stereocenters. The Bertz CT molecular complexity index is 509. The van der Waals surface area contributed by atoms with Crippen LogP contribution in [0.15, 0.2) is 36.4 Å². The lowest BCUT2D eigenvalue weighted by Crippen LogP contribution is -2.21. The second-order valence-electron chi connectivity index (χ2n) is 4.15. The van der Waals surface area contributed by atoms with Crippen LogP contribution in [0.1, 0.15) is 23.1 Å². The zero-order valence-corrected chi connectivity index (χ0v) is 10.1. The van der Waals surface area contributed by atoms with Gasteiger partial charge in [-0.25, -0.2) is 0 Å². The number of nitrogens with zero attached hydrogens (tertiary/aromatic N) is 2. The van der Waals surface area contributed by atoms with Gasteiger partial charge >= 0.3 is 0 Å². The van der Waals surface area contributed by atoms with Crippen LogP contribution in [0.2, 0.25) is 0 Å². The average molecular weight is 249 g/mol. The summed E-state index contributed by atoms with van der Waals surface area (Å²) in [6.07, 6.45) is 0.0896. The molecule has 0 fully saturated rings. The van der Waals surface area contributed by atoms with Gasteiger partial charge in [-0.1, -0.05) is 30.3 Å². The third-order valence-corrected chi connectivity index (χ3v) is 3.27. The third kappa shape index (κ3) is 2.08. The molecule has 2 heterocycles. The minimum Gasteiger partial charge on any atom is -0.365 e. The number of halogens is 1. The molecule has 1 aromatic carbocycles. The highest BCUT2D eigenvalue weighted by Gasteiger charge is 2.21. The van der Waals surface area contributed by atoms with Crippen LogP contribution in [0.5, 0.6) is 0 Å². The Balaban J connectivity index is 1.85. The minimum atomic E-state index is 0.0896. The Morgan fingerprint density at radius 3 is 2.94 bits per heavy atom. The van der Waals surface area contributed by atoms with Gasteiger partial charge < -0.3 is 4.74 Å². The molecule has 0 radical (unpaired) electrons. The van der Waals surface area contributed by atoms with E-state index in [2.05, 4.69) is 17.2 Å². The van der Waals surface area contributed by atoms with Crippen molar-refractivity contribution in [3.63, 3.8) is 0 Å². The zero-order valence-electron chi connectivity index (χ0n) is 9.34. The number of benzene rings is 1. The van der Waals surface area contributed by atoms with Crippen LogP contribution in [0.25, 0.3) is 0 Å². The van der Waals surface area contributed by atoms with E-state index in [4.69, 9.17) is 16.3 Å². The van der Waals surface area contributed by atoms with Crippen molar-refractivity contribution in [1.29, 1.82) is 0 Å². The molecule has 1 aliphatic rings. The summed E-state index contributed by atoms with van der Waals surface area (Å²) in [5.74, 6) is 0.454. The van der Waals surface area contributed by atoms with Crippen molar-refractivity contribution in [2.45, 2.75) is 25.1 Å². The Morgan fingerprint density at radius 2 is 2.18 bits per heavy atom. The van der Waals surface area contributed by atoms with Crippen molar-refractivity contribution in [1.82, 2.24) is 9.78 Å². The predicted octanol–water partition coefficient (Wildman–Crippen LogP) is 2.89. The minimum absolute atomic E-state index is 0.0896. The molecule has 17 heavy (non-hydrogen) atoms. The van der Waals surface area contributed by atoms with E-state index in [1.54, 1.807) is 0 Å². The van der Waals surface area contributed by atoms with Gasteiger partial charge in [0, 0.05) is 0 Å². The van der Waals surface area contributed by atoms with E-state index in [0.717, 1.165) is 17.9 Å². The highest BCUT2D eigenvalue weighted by Crippen LogP contribution is 2.26. The first-order valence-electron chi connectivity index (χ1n) is 5.65. The van der Waals surface area contributed by atoms with Crippen LogP contribution in [0, 0.1) is 0 Å². The van der Waals surface area contributed by atoms with Gasteiger partial charge in [0.25, 0.3) is 0 Å². The summed E-state index contributed by atoms with van der Waals surface area (Å²) in [5.41, 5.74) is 3.22. The van der Waals surface area contributed by atoms with Gasteiger partial charge in [-0.05, 0) is 11.6 Å². The summed E-state index contributed by atoms with van der Waals surface area (Å²) < 4.78 is 7.84. The number of hydrogen-bond acceptors (Lipinski definition) is 2. The Morgan fingerprint density at radius 1 is 1.35 bits per heavy atom. The van der Waals surface area contributed by atoms with E-state index in [9.17, 15) is 0 Å². The molecular weight excluding hydrogens is 236 g/mol. The summed E-state index contributed by atoms with van der Waals surface area (Å²) in [5, 5.41) is 4.45. The fourth-order valence-electron chi connectivity index (χ4n) is 2.12. The van der Waals surface area contributed by atoms with Crippen LogP contribution in [0.4, 0.5) is 0 Å². The maximum absolute atomic E-state index is 5.84. The van der Waals surface area contributed by atoms with E-state index in [-0.39, 0.29) is 6.10 Å². The Hall–Kier alpha value is -1.32. The largest absolute Gasteiger partial charge is 0.365 e. The molecule has 2 aromatic rings. The number of alkyl halides is 1. The molecule has 0 amide bonds. The maximum atomic E-state index is 5.84. The average Bonchev–Trinajstić information content (AvgIpc) is 2.81. The van der Waals surface area contributed by atoms with Crippen LogP contribution >= 0.6 is 11.6 Å². The number of rotatable bonds is 2. The second-order valence-corrected chi connectivity index (χ2v) is 4.42. The van der Waals surface area contributed by atoms with E-state index < -0.39 is 0 Å². The quantitative estimate of drug-likeness (QED) is 0.764. The lowest BCUT2D eigenvalue weighted by Gasteiger charge is -2.24. The van der Waals surface area contributed by atoms with Crippen LogP contribution in [0.3, 0.4) is 0 Å². The van der Waals surface area contributed by atoms with Crippen LogP contribution in [-0.4, -0.2) is 9.78 Å².